The minimum Gasteiger partial charge on any atom is -0.465 e. The molecule has 1 aromatic heterocycles. The molecule has 3 aromatic rings. The third kappa shape index (κ3) is 5.12. The number of amides is 1. The first-order valence-electron chi connectivity index (χ1n) is 10.3. The van der Waals surface area contributed by atoms with Crippen molar-refractivity contribution >= 4 is 45.5 Å². The molecule has 0 spiro atoms. The summed E-state index contributed by atoms with van der Waals surface area (Å²) in [5.41, 5.74) is 3.11. The lowest BCUT2D eigenvalue weighted by Gasteiger charge is -2.35. The number of hydrogen-bond donors (Lipinski definition) is 1. The zero-order valence-electron chi connectivity index (χ0n) is 17.7. The van der Waals surface area contributed by atoms with Crippen LogP contribution in [0.3, 0.4) is 0 Å². The van der Waals surface area contributed by atoms with Crippen molar-refractivity contribution in [3.05, 3.63) is 70.6 Å². The normalized spacial score (nSPS) is 14.2. The molecule has 2 heterocycles. The number of nitrogens with one attached hydrogen (secondary N) is 1. The monoisotopic (exact) mass is 469 g/mol. The Balaban J connectivity index is 1.41. The van der Waals surface area contributed by atoms with Gasteiger partial charge >= 0.3 is 5.97 Å². The molecular formula is C24H24ClN3O3S. The van der Waals surface area contributed by atoms with Gasteiger partial charge in [-0.2, -0.15) is 0 Å². The first-order chi connectivity index (χ1) is 15.5. The van der Waals surface area contributed by atoms with Crippen molar-refractivity contribution < 1.29 is 14.3 Å². The number of halogens is 1. The van der Waals surface area contributed by atoms with Crippen molar-refractivity contribution in [2.75, 3.05) is 50.1 Å². The van der Waals surface area contributed by atoms with E-state index in [2.05, 4.69) is 27.2 Å². The van der Waals surface area contributed by atoms with Crippen LogP contribution in [0, 0.1) is 0 Å². The van der Waals surface area contributed by atoms with Crippen molar-refractivity contribution in [3.8, 4) is 11.1 Å². The van der Waals surface area contributed by atoms with E-state index in [0.29, 0.717) is 21.2 Å². The van der Waals surface area contributed by atoms with E-state index in [4.69, 9.17) is 16.3 Å². The van der Waals surface area contributed by atoms with E-state index in [-0.39, 0.29) is 12.5 Å². The average Bonchev–Trinajstić information content (AvgIpc) is 3.23. The number of para-hydroxylation sites is 1. The number of carbonyl (C=O) groups excluding carboxylic acids is 2. The van der Waals surface area contributed by atoms with Gasteiger partial charge in [0.1, 0.15) is 10.6 Å². The summed E-state index contributed by atoms with van der Waals surface area (Å²) >= 11 is 7.30. The van der Waals surface area contributed by atoms with Crippen molar-refractivity contribution in [3.63, 3.8) is 0 Å². The number of piperazine rings is 1. The standard InChI is InChI=1S/C24H24ClN3O3S/c1-31-24(30)22-20(17-7-9-18(25)10-8-17)16-32-23(22)26-21(29)15-27-11-13-28(14-12-27)19-5-3-2-4-6-19/h2-10,16H,11-15H2,1H3,(H,26,29). The second-order valence-corrected chi connectivity index (χ2v) is 8.81. The zero-order valence-corrected chi connectivity index (χ0v) is 19.3. The maximum Gasteiger partial charge on any atom is 0.341 e. The van der Waals surface area contributed by atoms with Crippen LogP contribution in [-0.2, 0) is 9.53 Å². The Morgan fingerprint density at radius 2 is 1.72 bits per heavy atom. The lowest BCUT2D eigenvalue weighted by Crippen LogP contribution is -2.48. The van der Waals surface area contributed by atoms with E-state index in [1.165, 1.54) is 24.1 Å². The summed E-state index contributed by atoms with van der Waals surface area (Å²) in [5.74, 6) is -0.629. The Labute approximate surface area is 196 Å². The van der Waals surface area contributed by atoms with Crippen LogP contribution in [0.2, 0.25) is 5.02 Å². The highest BCUT2D eigenvalue weighted by molar-refractivity contribution is 7.15. The highest BCUT2D eigenvalue weighted by Gasteiger charge is 2.24. The molecular weight excluding hydrogens is 446 g/mol. The molecule has 0 unspecified atom stereocenters. The highest BCUT2D eigenvalue weighted by atomic mass is 35.5. The van der Waals surface area contributed by atoms with Crippen molar-refractivity contribution in [1.29, 1.82) is 0 Å². The fourth-order valence-corrected chi connectivity index (χ4v) is 4.87. The van der Waals surface area contributed by atoms with Crippen LogP contribution in [0.5, 0.6) is 0 Å². The lowest BCUT2D eigenvalue weighted by molar-refractivity contribution is -0.117. The van der Waals surface area contributed by atoms with E-state index in [1.807, 2.05) is 35.7 Å². The number of benzene rings is 2. The van der Waals surface area contributed by atoms with Crippen LogP contribution in [0.1, 0.15) is 10.4 Å². The maximum absolute atomic E-state index is 12.8. The van der Waals surface area contributed by atoms with Crippen molar-refractivity contribution in [1.82, 2.24) is 4.90 Å². The molecule has 0 aliphatic carbocycles. The first kappa shape index (κ1) is 22.3. The summed E-state index contributed by atoms with van der Waals surface area (Å²) in [6.45, 7) is 3.60. The Hall–Kier alpha value is -2.87. The van der Waals surface area contributed by atoms with Gasteiger partial charge in [-0.25, -0.2) is 4.79 Å². The molecule has 1 amide bonds. The molecule has 4 rings (SSSR count). The number of anilines is 2. The summed E-state index contributed by atoms with van der Waals surface area (Å²) in [7, 11) is 1.34. The largest absolute Gasteiger partial charge is 0.465 e. The molecule has 2 aromatic carbocycles. The molecule has 1 saturated heterocycles. The van der Waals surface area contributed by atoms with Crippen molar-refractivity contribution in [2.24, 2.45) is 0 Å². The molecule has 6 nitrogen and oxygen atoms in total. The Kier molecular flexibility index (Phi) is 7.09. The van der Waals surface area contributed by atoms with E-state index in [9.17, 15) is 9.59 Å². The molecule has 0 radical (unpaired) electrons. The summed E-state index contributed by atoms with van der Waals surface area (Å²) in [6, 6.07) is 17.5. The number of nitrogens with zero attached hydrogens (tertiary/aromatic N) is 2. The number of carbonyl (C=O) groups is 2. The zero-order chi connectivity index (χ0) is 22.5. The fraction of sp³-hybridized carbons (Fsp3) is 0.250. The summed E-state index contributed by atoms with van der Waals surface area (Å²) in [6.07, 6.45) is 0. The minimum absolute atomic E-state index is 0.146. The fourth-order valence-electron chi connectivity index (χ4n) is 3.77. The van der Waals surface area contributed by atoms with Crippen LogP contribution in [0.15, 0.2) is 60.0 Å². The Morgan fingerprint density at radius 1 is 1.03 bits per heavy atom. The quantitative estimate of drug-likeness (QED) is 0.534. The molecule has 1 aliphatic rings. The van der Waals surface area contributed by atoms with E-state index >= 15 is 0 Å². The third-order valence-corrected chi connectivity index (χ3v) is 6.60. The molecule has 1 fully saturated rings. The average molecular weight is 470 g/mol. The maximum atomic E-state index is 12.8. The minimum atomic E-state index is -0.483. The third-order valence-electron chi connectivity index (χ3n) is 5.45. The first-order valence-corrected chi connectivity index (χ1v) is 11.6. The molecule has 1 N–H and O–H groups in total. The lowest BCUT2D eigenvalue weighted by atomic mass is 10.0. The van der Waals surface area contributed by atoms with Gasteiger partial charge in [-0.1, -0.05) is 41.9 Å². The van der Waals surface area contributed by atoms with E-state index < -0.39 is 5.97 Å². The number of thiophene rings is 1. The highest BCUT2D eigenvalue weighted by Crippen LogP contribution is 2.36. The Morgan fingerprint density at radius 3 is 2.38 bits per heavy atom. The van der Waals surface area contributed by atoms with Gasteiger partial charge in [0, 0.05) is 47.8 Å². The van der Waals surface area contributed by atoms with Gasteiger partial charge in [0.2, 0.25) is 5.91 Å². The molecule has 166 valence electrons. The summed E-state index contributed by atoms with van der Waals surface area (Å²) in [5, 5.41) is 5.88. The van der Waals surface area contributed by atoms with Crippen molar-refractivity contribution in [2.45, 2.75) is 0 Å². The van der Waals surface area contributed by atoms with Gasteiger partial charge in [0.05, 0.1) is 13.7 Å². The van der Waals surface area contributed by atoms with Crippen LogP contribution < -0.4 is 10.2 Å². The van der Waals surface area contributed by atoms with Crippen LogP contribution in [0.25, 0.3) is 11.1 Å². The van der Waals surface area contributed by atoms with Gasteiger partial charge in [0.25, 0.3) is 0 Å². The van der Waals surface area contributed by atoms with Crippen LogP contribution in [0.4, 0.5) is 10.7 Å². The number of rotatable bonds is 6. The Bertz CT molecular complexity index is 1080. The summed E-state index contributed by atoms with van der Waals surface area (Å²) < 4.78 is 4.98. The van der Waals surface area contributed by atoms with E-state index in [0.717, 1.165) is 31.7 Å². The number of esters is 1. The molecule has 8 heteroatoms. The molecule has 0 atom stereocenters. The molecule has 1 aliphatic heterocycles. The van der Waals surface area contributed by atoms with Crippen LogP contribution >= 0.6 is 22.9 Å². The SMILES string of the molecule is COC(=O)c1c(-c2ccc(Cl)cc2)csc1NC(=O)CN1CCN(c2ccccc2)CC1. The molecule has 0 saturated carbocycles. The molecule has 0 bridgehead atoms. The van der Waals surface area contributed by atoms with Gasteiger partial charge in [-0.3, -0.25) is 9.69 Å². The van der Waals surface area contributed by atoms with Gasteiger partial charge in [-0.15, -0.1) is 11.3 Å². The second kappa shape index (κ2) is 10.2. The smallest absolute Gasteiger partial charge is 0.341 e. The predicted molar refractivity (Wildman–Crippen MR) is 130 cm³/mol. The van der Waals surface area contributed by atoms with Crippen LogP contribution in [-0.4, -0.2) is 56.6 Å². The topological polar surface area (TPSA) is 61.9 Å². The van der Waals surface area contributed by atoms with E-state index in [1.54, 1.807) is 12.1 Å². The van der Waals surface area contributed by atoms with Gasteiger partial charge < -0.3 is 15.0 Å². The number of ether oxygens (including phenoxy) is 1. The van der Waals surface area contributed by atoms with Gasteiger partial charge in [0.15, 0.2) is 0 Å². The predicted octanol–water partition coefficient (Wildman–Crippen LogP) is 4.62. The molecule has 32 heavy (non-hydrogen) atoms. The number of methoxy groups -OCH3 is 1. The number of hydrogen-bond acceptors (Lipinski definition) is 6. The second-order valence-electron chi connectivity index (χ2n) is 7.50. The van der Waals surface area contributed by atoms with Gasteiger partial charge in [-0.05, 0) is 29.8 Å². The summed E-state index contributed by atoms with van der Waals surface area (Å²) in [4.78, 5) is 29.7.